The number of rotatable bonds is 5. The summed E-state index contributed by atoms with van der Waals surface area (Å²) in [4.78, 5) is 0. The molecular formula is C17H24N2. The Hall–Kier alpha value is -1.54. The van der Waals surface area contributed by atoms with E-state index in [2.05, 4.69) is 54.5 Å². The molecule has 0 aliphatic carbocycles. The van der Waals surface area contributed by atoms with E-state index in [1.807, 2.05) is 6.08 Å². The van der Waals surface area contributed by atoms with Crippen molar-refractivity contribution in [2.24, 2.45) is 0 Å². The molecule has 1 atom stereocenters. The third-order valence-corrected chi connectivity index (χ3v) is 3.59. The van der Waals surface area contributed by atoms with Crippen molar-refractivity contribution in [3.05, 3.63) is 54.1 Å². The quantitative estimate of drug-likeness (QED) is 0.781. The first kappa shape index (κ1) is 13.9. The van der Waals surface area contributed by atoms with Crippen molar-refractivity contribution in [1.29, 1.82) is 0 Å². The molecule has 0 aromatic heterocycles. The average Bonchev–Trinajstić information content (AvgIpc) is 2.65. The van der Waals surface area contributed by atoms with E-state index in [0.717, 1.165) is 32.4 Å². The SMILES string of the molecule is C=C/C(=C\CC)CCC1CNCc2ccccc2N1. The molecule has 1 aliphatic heterocycles. The molecule has 0 radical (unpaired) electrons. The Morgan fingerprint density at radius 3 is 3.05 bits per heavy atom. The molecule has 2 rings (SSSR count). The van der Waals surface area contributed by atoms with E-state index in [1.54, 1.807) is 0 Å². The first-order valence-electron chi connectivity index (χ1n) is 7.20. The van der Waals surface area contributed by atoms with Crippen LogP contribution >= 0.6 is 0 Å². The number of allylic oxidation sites excluding steroid dienone is 3. The predicted molar refractivity (Wildman–Crippen MR) is 83.4 cm³/mol. The molecule has 2 N–H and O–H groups in total. The standard InChI is InChI=1S/C17H24N2/c1-3-7-14(4-2)10-11-16-13-18-12-15-8-5-6-9-17(15)19-16/h4-9,16,18-19H,2-3,10-13H2,1H3/b14-7+. The van der Waals surface area contributed by atoms with E-state index >= 15 is 0 Å². The molecule has 2 heteroatoms. The van der Waals surface area contributed by atoms with Gasteiger partial charge in [-0.2, -0.15) is 0 Å². The van der Waals surface area contributed by atoms with Crippen LogP contribution in [0.2, 0.25) is 0 Å². The van der Waals surface area contributed by atoms with Crippen molar-refractivity contribution in [1.82, 2.24) is 5.32 Å². The number of hydrogen-bond acceptors (Lipinski definition) is 2. The van der Waals surface area contributed by atoms with Gasteiger partial charge < -0.3 is 10.6 Å². The Bertz CT molecular complexity index is 448. The fraction of sp³-hybridized carbons (Fsp3) is 0.412. The van der Waals surface area contributed by atoms with Crippen molar-refractivity contribution in [3.8, 4) is 0 Å². The largest absolute Gasteiger partial charge is 0.381 e. The van der Waals surface area contributed by atoms with Gasteiger partial charge in [-0.15, -0.1) is 0 Å². The zero-order valence-electron chi connectivity index (χ0n) is 11.8. The maximum Gasteiger partial charge on any atom is 0.0389 e. The molecule has 0 spiro atoms. The van der Waals surface area contributed by atoms with Gasteiger partial charge in [0, 0.05) is 24.8 Å². The van der Waals surface area contributed by atoms with Gasteiger partial charge in [-0.1, -0.05) is 49.4 Å². The molecule has 1 aromatic carbocycles. The van der Waals surface area contributed by atoms with Crippen LogP contribution in [0.15, 0.2) is 48.6 Å². The lowest BCUT2D eigenvalue weighted by atomic mass is 10.0. The maximum atomic E-state index is 3.89. The zero-order chi connectivity index (χ0) is 13.5. The number of nitrogens with one attached hydrogen (secondary N) is 2. The fourth-order valence-corrected chi connectivity index (χ4v) is 2.53. The molecule has 19 heavy (non-hydrogen) atoms. The molecule has 102 valence electrons. The van der Waals surface area contributed by atoms with Crippen molar-refractivity contribution in [2.45, 2.75) is 38.8 Å². The fourth-order valence-electron chi connectivity index (χ4n) is 2.53. The van der Waals surface area contributed by atoms with Gasteiger partial charge in [-0.3, -0.25) is 0 Å². The van der Waals surface area contributed by atoms with Crippen molar-refractivity contribution in [2.75, 3.05) is 11.9 Å². The van der Waals surface area contributed by atoms with Crippen molar-refractivity contribution in [3.63, 3.8) is 0 Å². The van der Waals surface area contributed by atoms with Crippen LogP contribution in [0.5, 0.6) is 0 Å². The van der Waals surface area contributed by atoms with Crippen molar-refractivity contribution < 1.29 is 0 Å². The molecule has 2 nitrogen and oxygen atoms in total. The second kappa shape index (κ2) is 7.15. The number of para-hydroxylation sites is 1. The van der Waals surface area contributed by atoms with Crippen LogP contribution in [0.1, 0.15) is 31.7 Å². The third kappa shape index (κ3) is 3.97. The van der Waals surface area contributed by atoms with Crippen LogP contribution in [-0.2, 0) is 6.54 Å². The van der Waals surface area contributed by atoms with Crippen LogP contribution in [-0.4, -0.2) is 12.6 Å². The molecule has 1 aromatic rings. The van der Waals surface area contributed by atoms with Gasteiger partial charge in [0.1, 0.15) is 0 Å². The molecule has 0 amide bonds. The molecule has 0 saturated heterocycles. The molecule has 0 fully saturated rings. The minimum atomic E-state index is 0.490. The Morgan fingerprint density at radius 1 is 1.42 bits per heavy atom. The zero-order valence-corrected chi connectivity index (χ0v) is 11.8. The van der Waals surface area contributed by atoms with Crippen LogP contribution in [0.4, 0.5) is 5.69 Å². The molecule has 1 aliphatic rings. The van der Waals surface area contributed by atoms with Gasteiger partial charge in [0.25, 0.3) is 0 Å². The normalized spacial score (nSPS) is 19.2. The predicted octanol–water partition coefficient (Wildman–Crippen LogP) is 3.87. The van der Waals surface area contributed by atoms with Crippen LogP contribution < -0.4 is 10.6 Å². The maximum absolute atomic E-state index is 3.89. The molecule has 1 heterocycles. The summed E-state index contributed by atoms with van der Waals surface area (Å²) in [6, 6.07) is 9.04. The lowest BCUT2D eigenvalue weighted by Crippen LogP contribution is -2.29. The molecular weight excluding hydrogens is 232 g/mol. The van der Waals surface area contributed by atoms with E-state index < -0.39 is 0 Å². The summed E-state index contributed by atoms with van der Waals surface area (Å²) in [6.07, 6.45) is 7.57. The van der Waals surface area contributed by atoms with Gasteiger partial charge in [0.15, 0.2) is 0 Å². The monoisotopic (exact) mass is 256 g/mol. The number of benzene rings is 1. The number of hydrogen-bond donors (Lipinski definition) is 2. The van der Waals surface area contributed by atoms with Gasteiger partial charge >= 0.3 is 0 Å². The lowest BCUT2D eigenvalue weighted by molar-refractivity contribution is 0.586. The highest BCUT2D eigenvalue weighted by Crippen LogP contribution is 2.20. The smallest absolute Gasteiger partial charge is 0.0389 e. The minimum Gasteiger partial charge on any atom is -0.381 e. The van der Waals surface area contributed by atoms with Gasteiger partial charge in [0.2, 0.25) is 0 Å². The Labute approximate surface area is 116 Å². The van der Waals surface area contributed by atoms with Crippen molar-refractivity contribution >= 4 is 5.69 Å². The summed E-state index contributed by atoms with van der Waals surface area (Å²) in [5.74, 6) is 0. The van der Waals surface area contributed by atoms with E-state index in [0.29, 0.717) is 6.04 Å². The summed E-state index contributed by atoms with van der Waals surface area (Å²) in [5.41, 5.74) is 4.00. The highest BCUT2D eigenvalue weighted by atomic mass is 15.0. The van der Waals surface area contributed by atoms with E-state index in [-0.39, 0.29) is 0 Å². The Balaban J connectivity index is 1.95. The summed E-state index contributed by atoms with van der Waals surface area (Å²) in [7, 11) is 0. The third-order valence-electron chi connectivity index (χ3n) is 3.59. The van der Waals surface area contributed by atoms with E-state index in [9.17, 15) is 0 Å². The summed E-state index contributed by atoms with van der Waals surface area (Å²) in [6.45, 7) is 8.04. The molecule has 0 saturated carbocycles. The van der Waals surface area contributed by atoms with Gasteiger partial charge in [-0.25, -0.2) is 0 Å². The second-order valence-corrected chi connectivity index (χ2v) is 5.06. The first-order valence-corrected chi connectivity index (χ1v) is 7.20. The summed E-state index contributed by atoms with van der Waals surface area (Å²) >= 11 is 0. The van der Waals surface area contributed by atoms with Crippen LogP contribution in [0.3, 0.4) is 0 Å². The number of fused-ring (bicyclic) bond motifs is 1. The number of anilines is 1. The molecule has 0 bridgehead atoms. The lowest BCUT2D eigenvalue weighted by Gasteiger charge is -2.18. The first-order chi connectivity index (χ1) is 9.33. The van der Waals surface area contributed by atoms with Gasteiger partial charge in [0.05, 0.1) is 0 Å². The average molecular weight is 256 g/mol. The summed E-state index contributed by atoms with van der Waals surface area (Å²) in [5, 5.41) is 7.18. The van der Waals surface area contributed by atoms with Gasteiger partial charge in [-0.05, 0) is 30.9 Å². The summed E-state index contributed by atoms with van der Waals surface area (Å²) < 4.78 is 0. The Kier molecular flexibility index (Phi) is 5.22. The topological polar surface area (TPSA) is 24.1 Å². The van der Waals surface area contributed by atoms with Crippen LogP contribution in [0, 0.1) is 0 Å². The van der Waals surface area contributed by atoms with E-state index in [4.69, 9.17) is 0 Å². The van der Waals surface area contributed by atoms with E-state index in [1.165, 1.54) is 16.8 Å². The second-order valence-electron chi connectivity index (χ2n) is 5.06. The van der Waals surface area contributed by atoms with Crippen LogP contribution in [0.25, 0.3) is 0 Å². The highest BCUT2D eigenvalue weighted by molar-refractivity contribution is 5.52. The highest BCUT2D eigenvalue weighted by Gasteiger charge is 2.14. The minimum absolute atomic E-state index is 0.490. The molecule has 1 unspecified atom stereocenters. The Morgan fingerprint density at radius 2 is 2.26 bits per heavy atom.